The summed E-state index contributed by atoms with van der Waals surface area (Å²) in [6.45, 7) is 3.10. The van der Waals surface area contributed by atoms with E-state index in [1.165, 1.54) is 0 Å². The third kappa shape index (κ3) is 2.20. The standard InChI is InChI=1S/C13H15ClN2O2/c1-13(12(15)18)4-5-16(8-13)11-3-2-10(14)6-9(11)7-17/h2-3,6-7H,4-5,8H2,1H3,(H2,15,18). The lowest BCUT2D eigenvalue weighted by molar-refractivity contribution is -0.125. The summed E-state index contributed by atoms with van der Waals surface area (Å²) in [6, 6.07) is 5.17. The minimum atomic E-state index is -0.528. The number of hydrogen-bond donors (Lipinski definition) is 1. The first-order valence-electron chi connectivity index (χ1n) is 5.76. The van der Waals surface area contributed by atoms with Crippen molar-refractivity contribution in [2.24, 2.45) is 11.1 Å². The number of amides is 1. The zero-order valence-corrected chi connectivity index (χ0v) is 10.9. The van der Waals surface area contributed by atoms with Gasteiger partial charge in [-0.05, 0) is 31.5 Å². The van der Waals surface area contributed by atoms with E-state index in [0.717, 1.165) is 12.0 Å². The first-order chi connectivity index (χ1) is 8.46. The van der Waals surface area contributed by atoms with E-state index in [1.54, 1.807) is 18.2 Å². The van der Waals surface area contributed by atoms with Gasteiger partial charge in [0.15, 0.2) is 6.29 Å². The fourth-order valence-corrected chi connectivity index (χ4v) is 2.46. The highest BCUT2D eigenvalue weighted by molar-refractivity contribution is 6.31. The van der Waals surface area contributed by atoms with Gasteiger partial charge in [0.05, 0.1) is 5.41 Å². The summed E-state index contributed by atoms with van der Waals surface area (Å²) in [6.07, 6.45) is 1.48. The number of carbonyl (C=O) groups excluding carboxylic acids is 2. The molecule has 1 fully saturated rings. The second-order valence-corrected chi connectivity index (χ2v) is 5.35. The van der Waals surface area contributed by atoms with Crippen molar-refractivity contribution >= 4 is 29.5 Å². The van der Waals surface area contributed by atoms with Crippen LogP contribution in [0.1, 0.15) is 23.7 Å². The maximum absolute atomic E-state index is 11.4. The van der Waals surface area contributed by atoms with Crippen molar-refractivity contribution in [3.8, 4) is 0 Å². The molecule has 1 aliphatic heterocycles. The minimum absolute atomic E-state index is 0.299. The highest BCUT2D eigenvalue weighted by Crippen LogP contribution is 2.34. The van der Waals surface area contributed by atoms with Crippen LogP contribution in [0, 0.1) is 5.41 Å². The average molecular weight is 267 g/mol. The monoisotopic (exact) mass is 266 g/mol. The van der Waals surface area contributed by atoms with Gasteiger partial charge in [0, 0.05) is 29.4 Å². The quantitative estimate of drug-likeness (QED) is 0.850. The lowest BCUT2D eigenvalue weighted by atomic mass is 9.89. The van der Waals surface area contributed by atoms with E-state index in [0.29, 0.717) is 30.1 Å². The molecular formula is C13H15ClN2O2. The summed E-state index contributed by atoms with van der Waals surface area (Å²) in [4.78, 5) is 24.5. The Balaban J connectivity index is 2.29. The number of anilines is 1. The number of halogens is 1. The molecule has 0 bridgehead atoms. The van der Waals surface area contributed by atoms with Gasteiger partial charge in [0.2, 0.25) is 5.91 Å². The van der Waals surface area contributed by atoms with E-state index in [4.69, 9.17) is 17.3 Å². The van der Waals surface area contributed by atoms with E-state index in [9.17, 15) is 9.59 Å². The summed E-state index contributed by atoms with van der Waals surface area (Å²) in [5.41, 5.74) is 6.23. The van der Waals surface area contributed by atoms with Crippen LogP contribution in [-0.4, -0.2) is 25.3 Å². The van der Waals surface area contributed by atoms with Crippen LogP contribution in [0.5, 0.6) is 0 Å². The zero-order valence-electron chi connectivity index (χ0n) is 10.1. The van der Waals surface area contributed by atoms with Crippen LogP contribution in [0.15, 0.2) is 18.2 Å². The van der Waals surface area contributed by atoms with E-state index >= 15 is 0 Å². The predicted molar refractivity (Wildman–Crippen MR) is 71.0 cm³/mol. The summed E-state index contributed by atoms with van der Waals surface area (Å²) < 4.78 is 0. The summed E-state index contributed by atoms with van der Waals surface area (Å²) in [5.74, 6) is -0.299. The van der Waals surface area contributed by atoms with Crippen molar-refractivity contribution in [1.82, 2.24) is 0 Å². The van der Waals surface area contributed by atoms with Crippen LogP contribution in [0.3, 0.4) is 0 Å². The second kappa shape index (κ2) is 4.61. The fraction of sp³-hybridized carbons (Fsp3) is 0.385. The van der Waals surface area contributed by atoms with Crippen molar-refractivity contribution in [3.63, 3.8) is 0 Å². The molecule has 1 aromatic rings. The normalized spacial score (nSPS) is 23.1. The molecule has 1 aromatic carbocycles. The Morgan fingerprint density at radius 1 is 1.56 bits per heavy atom. The molecule has 2 N–H and O–H groups in total. The lowest BCUT2D eigenvalue weighted by Gasteiger charge is -2.23. The van der Waals surface area contributed by atoms with Gasteiger partial charge in [-0.15, -0.1) is 0 Å². The third-order valence-corrected chi connectivity index (χ3v) is 3.76. The van der Waals surface area contributed by atoms with Crippen LogP contribution < -0.4 is 10.6 Å². The van der Waals surface area contributed by atoms with Gasteiger partial charge in [-0.1, -0.05) is 11.6 Å². The lowest BCUT2D eigenvalue weighted by Crippen LogP contribution is -2.37. The molecule has 96 valence electrons. The molecule has 0 saturated carbocycles. The Labute approximate surface area is 111 Å². The van der Waals surface area contributed by atoms with Gasteiger partial charge in [-0.25, -0.2) is 0 Å². The molecule has 18 heavy (non-hydrogen) atoms. The Morgan fingerprint density at radius 3 is 2.83 bits per heavy atom. The number of primary amides is 1. The minimum Gasteiger partial charge on any atom is -0.370 e. The van der Waals surface area contributed by atoms with Gasteiger partial charge >= 0.3 is 0 Å². The molecule has 1 atom stereocenters. The van der Waals surface area contributed by atoms with E-state index in [-0.39, 0.29) is 5.91 Å². The summed E-state index contributed by atoms with van der Waals surface area (Å²) in [5, 5.41) is 0.526. The van der Waals surface area contributed by atoms with Crippen molar-refractivity contribution in [2.45, 2.75) is 13.3 Å². The smallest absolute Gasteiger partial charge is 0.225 e. The molecular weight excluding hydrogens is 252 g/mol. The first kappa shape index (κ1) is 12.9. The number of benzene rings is 1. The SMILES string of the molecule is CC1(C(N)=O)CCN(c2ccc(Cl)cc2C=O)C1. The van der Waals surface area contributed by atoms with Crippen molar-refractivity contribution in [2.75, 3.05) is 18.0 Å². The number of carbonyl (C=O) groups is 2. The molecule has 2 rings (SSSR count). The zero-order chi connectivity index (χ0) is 13.3. The Bertz CT molecular complexity index is 504. The largest absolute Gasteiger partial charge is 0.370 e. The van der Waals surface area contributed by atoms with Gasteiger partial charge in [-0.2, -0.15) is 0 Å². The van der Waals surface area contributed by atoms with E-state index < -0.39 is 5.41 Å². The summed E-state index contributed by atoms with van der Waals surface area (Å²) >= 11 is 5.86. The molecule has 1 unspecified atom stereocenters. The maximum Gasteiger partial charge on any atom is 0.225 e. The second-order valence-electron chi connectivity index (χ2n) is 4.92. The van der Waals surface area contributed by atoms with Crippen LogP contribution in [0.25, 0.3) is 0 Å². The molecule has 1 aliphatic rings. The number of nitrogens with zero attached hydrogens (tertiary/aromatic N) is 1. The molecule has 1 heterocycles. The van der Waals surface area contributed by atoms with Crippen LogP contribution in [0.2, 0.25) is 5.02 Å². The predicted octanol–water partition coefficient (Wildman–Crippen LogP) is 1.85. The molecule has 1 amide bonds. The molecule has 0 spiro atoms. The van der Waals surface area contributed by atoms with Crippen molar-refractivity contribution in [3.05, 3.63) is 28.8 Å². The molecule has 4 nitrogen and oxygen atoms in total. The Kier molecular flexibility index (Phi) is 3.30. The molecule has 5 heteroatoms. The molecule has 0 aliphatic carbocycles. The highest BCUT2D eigenvalue weighted by atomic mass is 35.5. The number of aldehydes is 1. The molecule has 1 saturated heterocycles. The number of hydrogen-bond acceptors (Lipinski definition) is 3. The third-order valence-electron chi connectivity index (χ3n) is 3.53. The van der Waals surface area contributed by atoms with Gasteiger partial charge in [0.1, 0.15) is 0 Å². The van der Waals surface area contributed by atoms with Gasteiger partial charge < -0.3 is 10.6 Å². The fourth-order valence-electron chi connectivity index (χ4n) is 2.28. The van der Waals surface area contributed by atoms with Crippen LogP contribution in [0.4, 0.5) is 5.69 Å². The number of rotatable bonds is 3. The summed E-state index contributed by atoms with van der Waals surface area (Å²) in [7, 11) is 0. The van der Waals surface area contributed by atoms with Crippen molar-refractivity contribution in [1.29, 1.82) is 0 Å². The van der Waals surface area contributed by atoms with Crippen molar-refractivity contribution < 1.29 is 9.59 Å². The highest BCUT2D eigenvalue weighted by Gasteiger charge is 2.39. The number of nitrogens with two attached hydrogens (primary N) is 1. The van der Waals surface area contributed by atoms with Gasteiger partial charge in [0.25, 0.3) is 0 Å². The molecule has 0 aromatic heterocycles. The Morgan fingerprint density at radius 2 is 2.28 bits per heavy atom. The average Bonchev–Trinajstić information content (AvgIpc) is 2.73. The first-order valence-corrected chi connectivity index (χ1v) is 6.14. The van der Waals surface area contributed by atoms with Gasteiger partial charge in [-0.3, -0.25) is 9.59 Å². The van der Waals surface area contributed by atoms with Crippen LogP contribution in [-0.2, 0) is 4.79 Å². The Hall–Kier alpha value is -1.55. The molecule has 0 radical (unpaired) electrons. The maximum atomic E-state index is 11.4. The van der Waals surface area contributed by atoms with Crippen LogP contribution >= 0.6 is 11.6 Å². The topological polar surface area (TPSA) is 63.4 Å². The van der Waals surface area contributed by atoms with E-state index in [1.807, 2.05) is 11.8 Å². The van der Waals surface area contributed by atoms with E-state index in [2.05, 4.69) is 0 Å².